The molecule has 2 N–H and O–H groups in total. The molecule has 1 atom stereocenters. The van der Waals surface area contributed by atoms with Gasteiger partial charge in [-0.15, -0.1) is 0 Å². The molecule has 1 heterocycles. The minimum atomic E-state index is 0.631. The molecule has 0 amide bonds. The molecule has 2 heteroatoms. The zero-order valence-electron chi connectivity index (χ0n) is 12.2. The Kier molecular flexibility index (Phi) is 3.53. The maximum absolute atomic E-state index is 3.70. The van der Waals surface area contributed by atoms with Crippen molar-refractivity contribution in [2.45, 2.75) is 39.0 Å². The molecule has 1 aromatic rings. The number of nitrogens with one attached hydrogen (secondary N) is 2. The van der Waals surface area contributed by atoms with Gasteiger partial charge in [-0.2, -0.15) is 0 Å². The zero-order valence-corrected chi connectivity index (χ0v) is 12.2. The summed E-state index contributed by atoms with van der Waals surface area (Å²) in [6.07, 6.45) is 4.09. The van der Waals surface area contributed by atoms with Crippen LogP contribution in [0.3, 0.4) is 0 Å². The number of benzene rings is 1. The van der Waals surface area contributed by atoms with Gasteiger partial charge in [0.25, 0.3) is 0 Å². The van der Waals surface area contributed by atoms with E-state index in [0.29, 0.717) is 11.3 Å². The molecule has 0 bridgehead atoms. The highest BCUT2D eigenvalue weighted by molar-refractivity contribution is 5.57. The maximum atomic E-state index is 3.70. The predicted octanol–water partition coefficient (Wildman–Crippen LogP) is 3.61. The largest absolute Gasteiger partial charge is 0.384 e. The van der Waals surface area contributed by atoms with E-state index in [2.05, 4.69) is 48.7 Å². The van der Waals surface area contributed by atoms with Gasteiger partial charge in [-0.05, 0) is 48.8 Å². The zero-order chi connectivity index (χ0) is 13.3. The summed E-state index contributed by atoms with van der Waals surface area (Å²) < 4.78 is 0. The summed E-state index contributed by atoms with van der Waals surface area (Å²) in [4.78, 5) is 0. The van der Waals surface area contributed by atoms with Gasteiger partial charge in [-0.1, -0.05) is 32.0 Å². The smallest absolute Gasteiger partial charge is 0.0376 e. The highest BCUT2D eigenvalue weighted by Crippen LogP contribution is 2.51. The van der Waals surface area contributed by atoms with Gasteiger partial charge in [-0.3, -0.25) is 0 Å². The van der Waals surface area contributed by atoms with Gasteiger partial charge in [-0.25, -0.2) is 0 Å². The van der Waals surface area contributed by atoms with Crippen LogP contribution in [0, 0.1) is 11.3 Å². The molecule has 1 aliphatic carbocycles. The Morgan fingerprint density at radius 2 is 2.11 bits per heavy atom. The maximum Gasteiger partial charge on any atom is 0.0376 e. The van der Waals surface area contributed by atoms with Crippen LogP contribution in [-0.4, -0.2) is 19.6 Å². The van der Waals surface area contributed by atoms with Crippen LogP contribution in [0.4, 0.5) is 5.69 Å². The Bertz CT molecular complexity index is 435. The summed E-state index contributed by atoms with van der Waals surface area (Å²) in [6, 6.07) is 8.74. The van der Waals surface area contributed by atoms with Crippen molar-refractivity contribution in [2.24, 2.45) is 11.3 Å². The van der Waals surface area contributed by atoms with Crippen LogP contribution in [0.15, 0.2) is 24.3 Å². The quantitative estimate of drug-likeness (QED) is 0.762. The fourth-order valence-corrected chi connectivity index (χ4v) is 3.35. The van der Waals surface area contributed by atoms with Gasteiger partial charge < -0.3 is 10.6 Å². The van der Waals surface area contributed by atoms with E-state index in [1.54, 1.807) is 0 Å². The van der Waals surface area contributed by atoms with Crippen LogP contribution in [0.5, 0.6) is 0 Å². The van der Waals surface area contributed by atoms with Gasteiger partial charge in [0, 0.05) is 24.7 Å². The van der Waals surface area contributed by atoms with Gasteiger partial charge in [0.15, 0.2) is 0 Å². The molecule has 1 aromatic carbocycles. The van der Waals surface area contributed by atoms with E-state index >= 15 is 0 Å². The molecule has 1 aliphatic heterocycles. The standard InChI is InChI=1S/C17H26N2/c1-13(2)17(8-9-17)12-18-10-7-14-11-19-16-6-4-3-5-15(14)16/h3-6,13-14,18-19H,7-12H2,1-2H3. The van der Waals surface area contributed by atoms with Crippen molar-refractivity contribution in [3.8, 4) is 0 Å². The summed E-state index contributed by atoms with van der Waals surface area (Å²) in [5.74, 6) is 1.52. The Morgan fingerprint density at radius 3 is 2.84 bits per heavy atom. The summed E-state index contributed by atoms with van der Waals surface area (Å²) in [5, 5.41) is 7.21. The average molecular weight is 258 g/mol. The van der Waals surface area contributed by atoms with Gasteiger partial charge in [0.2, 0.25) is 0 Å². The fraction of sp³-hybridized carbons (Fsp3) is 0.647. The van der Waals surface area contributed by atoms with E-state index in [1.807, 2.05) is 0 Å². The molecule has 1 fully saturated rings. The van der Waals surface area contributed by atoms with Crippen molar-refractivity contribution in [1.29, 1.82) is 0 Å². The Balaban J connectivity index is 1.44. The molecule has 2 aliphatic rings. The predicted molar refractivity (Wildman–Crippen MR) is 81.7 cm³/mol. The monoisotopic (exact) mass is 258 g/mol. The highest BCUT2D eigenvalue weighted by Gasteiger charge is 2.44. The molecule has 0 spiro atoms. The third kappa shape index (κ3) is 2.64. The molecule has 2 nitrogen and oxygen atoms in total. The second-order valence-corrected chi connectivity index (χ2v) is 6.65. The number of fused-ring (bicyclic) bond motifs is 1. The number of hydrogen-bond donors (Lipinski definition) is 2. The first-order valence-corrected chi connectivity index (χ1v) is 7.75. The highest BCUT2D eigenvalue weighted by atomic mass is 14.9. The lowest BCUT2D eigenvalue weighted by Gasteiger charge is -2.20. The first-order valence-electron chi connectivity index (χ1n) is 7.75. The summed E-state index contributed by atoms with van der Waals surface area (Å²) in [7, 11) is 0. The summed E-state index contributed by atoms with van der Waals surface area (Å²) in [5.41, 5.74) is 3.48. The third-order valence-electron chi connectivity index (χ3n) is 5.20. The van der Waals surface area contributed by atoms with E-state index in [-0.39, 0.29) is 0 Å². The van der Waals surface area contributed by atoms with Crippen molar-refractivity contribution < 1.29 is 0 Å². The van der Waals surface area contributed by atoms with Crippen molar-refractivity contribution in [3.05, 3.63) is 29.8 Å². The first kappa shape index (κ1) is 13.0. The van der Waals surface area contributed by atoms with E-state index in [0.717, 1.165) is 19.0 Å². The molecular weight excluding hydrogens is 232 g/mol. The van der Waals surface area contributed by atoms with Crippen molar-refractivity contribution >= 4 is 5.69 Å². The molecule has 1 saturated carbocycles. The van der Waals surface area contributed by atoms with Gasteiger partial charge in [0.1, 0.15) is 0 Å². The SMILES string of the molecule is CC(C)C1(CNCCC2CNc3ccccc32)CC1. The van der Waals surface area contributed by atoms with Gasteiger partial charge >= 0.3 is 0 Å². The van der Waals surface area contributed by atoms with Gasteiger partial charge in [0.05, 0.1) is 0 Å². The van der Waals surface area contributed by atoms with Crippen LogP contribution in [0.2, 0.25) is 0 Å². The molecule has 0 saturated heterocycles. The van der Waals surface area contributed by atoms with Crippen LogP contribution in [0.25, 0.3) is 0 Å². The lowest BCUT2D eigenvalue weighted by molar-refractivity contribution is 0.336. The molecular formula is C17H26N2. The topological polar surface area (TPSA) is 24.1 Å². The summed E-state index contributed by atoms with van der Waals surface area (Å²) >= 11 is 0. The summed E-state index contributed by atoms with van der Waals surface area (Å²) in [6.45, 7) is 8.20. The van der Waals surface area contributed by atoms with E-state index in [4.69, 9.17) is 0 Å². The van der Waals surface area contributed by atoms with Crippen LogP contribution < -0.4 is 10.6 Å². The van der Waals surface area contributed by atoms with E-state index in [9.17, 15) is 0 Å². The number of hydrogen-bond acceptors (Lipinski definition) is 2. The number of para-hydroxylation sites is 1. The Hall–Kier alpha value is -1.02. The Labute approximate surface area is 117 Å². The van der Waals surface area contributed by atoms with Crippen molar-refractivity contribution in [2.75, 3.05) is 25.0 Å². The molecule has 3 rings (SSSR count). The Morgan fingerprint density at radius 1 is 1.32 bits per heavy atom. The second-order valence-electron chi connectivity index (χ2n) is 6.65. The molecule has 0 aromatic heterocycles. The van der Waals surface area contributed by atoms with Crippen molar-refractivity contribution in [3.63, 3.8) is 0 Å². The molecule has 19 heavy (non-hydrogen) atoms. The normalized spacial score (nSPS) is 23.2. The van der Waals surface area contributed by atoms with E-state index in [1.165, 1.54) is 37.1 Å². The van der Waals surface area contributed by atoms with E-state index < -0.39 is 0 Å². The van der Waals surface area contributed by atoms with Crippen molar-refractivity contribution in [1.82, 2.24) is 5.32 Å². The molecule has 0 radical (unpaired) electrons. The first-order chi connectivity index (χ1) is 9.21. The van der Waals surface area contributed by atoms with Crippen LogP contribution in [-0.2, 0) is 0 Å². The third-order valence-corrected chi connectivity index (χ3v) is 5.20. The molecule has 1 unspecified atom stereocenters. The minimum absolute atomic E-state index is 0.631. The van der Waals surface area contributed by atoms with Crippen LogP contribution >= 0.6 is 0 Å². The second kappa shape index (κ2) is 5.16. The average Bonchev–Trinajstić information content (AvgIpc) is 3.10. The lowest BCUT2D eigenvalue weighted by Crippen LogP contribution is -2.29. The minimum Gasteiger partial charge on any atom is -0.384 e. The number of rotatable bonds is 6. The molecule has 104 valence electrons. The fourth-order valence-electron chi connectivity index (χ4n) is 3.35. The lowest BCUT2D eigenvalue weighted by atomic mass is 9.92. The van der Waals surface area contributed by atoms with Crippen LogP contribution in [0.1, 0.15) is 44.6 Å². The number of anilines is 1.